The number of nitrogens with one attached hydrogen (secondary N) is 3. The van der Waals surface area contributed by atoms with Crippen LogP contribution in [0, 0.1) is 11.7 Å². The van der Waals surface area contributed by atoms with Gasteiger partial charge in [-0.05, 0) is 44.4 Å². The fourth-order valence-electron chi connectivity index (χ4n) is 2.52. The Bertz CT molecular complexity index is 978. The molecule has 0 spiro atoms. The molecule has 152 valence electrons. The number of nitrogens with zero attached hydrogens (tertiary/aromatic N) is 4. The molecule has 0 atom stereocenters. The predicted molar refractivity (Wildman–Crippen MR) is 102 cm³/mol. The van der Waals surface area contributed by atoms with Gasteiger partial charge in [-0.25, -0.2) is 13.7 Å². The van der Waals surface area contributed by atoms with Crippen LogP contribution < -0.4 is 15.4 Å². The summed E-state index contributed by atoms with van der Waals surface area (Å²) in [5.41, 5.74) is 0.559. The Balaban J connectivity index is 1.62. The third-order valence-electron chi connectivity index (χ3n) is 4.07. The number of halogens is 2. The lowest BCUT2D eigenvalue weighted by Gasteiger charge is -2.37. The van der Waals surface area contributed by atoms with Crippen molar-refractivity contribution >= 4 is 43.5 Å². The molecule has 0 unspecified atom stereocenters. The minimum atomic E-state index is -3.42. The molecule has 4 N–H and O–H groups in total. The van der Waals surface area contributed by atoms with E-state index in [0.717, 1.165) is 0 Å². The zero-order chi connectivity index (χ0) is 20.3. The van der Waals surface area contributed by atoms with E-state index < -0.39 is 16.0 Å². The van der Waals surface area contributed by atoms with Crippen LogP contribution in [0.3, 0.4) is 0 Å². The molecule has 0 saturated carbocycles. The first-order valence-electron chi connectivity index (χ1n) is 8.03. The summed E-state index contributed by atoms with van der Waals surface area (Å²) in [6.07, 6.45) is 0. The van der Waals surface area contributed by atoms with E-state index in [1.807, 2.05) is 0 Å². The Kier molecular flexibility index (Phi) is 6.12. The second kappa shape index (κ2) is 8.38. The maximum atomic E-state index is 13.3. The smallest absolute Gasteiger partial charge is 0.279 e. The van der Waals surface area contributed by atoms with Gasteiger partial charge in [0, 0.05) is 38.3 Å². The zero-order valence-corrected chi connectivity index (χ0v) is 17.0. The van der Waals surface area contributed by atoms with Gasteiger partial charge in [0.1, 0.15) is 5.82 Å². The van der Waals surface area contributed by atoms with Crippen LogP contribution in [0.5, 0.6) is 0 Å². The summed E-state index contributed by atoms with van der Waals surface area (Å²) < 4.78 is 45.1. The third kappa shape index (κ3) is 4.40. The second-order valence-corrected chi connectivity index (χ2v) is 8.67. The van der Waals surface area contributed by atoms with Crippen LogP contribution in [-0.2, 0) is 10.2 Å². The lowest BCUT2D eigenvalue weighted by Crippen LogP contribution is -2.55. The Morgan fingerprint density at radius 3 is 2.86 bits per heavy atom. The average Bonchev–Trinajstić information content (AvgIpc) is 3.09. The van der Waals surface area contributed by atoms with Crippen molar-refractivity contribution in [2.45, 2.75) is 0 Å². The molecule has 2 aromatic rings. The lowest BCUT2D eigenvalue weighted by molar-refractivity contribution is 0.209. The van der Waals surface area contributed by atoms with Crippen molar-refractivity contribution in [3.8, 4) is 0 Å². The number of aromatic nitrogens is 2. The first-order chi connectivity index (χ1) is 13.3. The Labute approximate surface area is 168 Å². The fraction of sp³-hybridized carbons (Fsp3) is 0.357. The van der Waals surface area contributed by atoms with Crippen molar-refractivity contribution in [2.75, 3.05) is 37.3 Å². The number of amidine groups is 1. The molecule has 1 aromatic heterocycles. The quantitative estimate of drug-likeness (QED) is 0.200. The normalized spacial score (nSPS) is 16.0. The molecule has 0 aliphatic carbocycles. The van der Waals surface area contributed by atoms with E-state index in [1.165, 1.54) is 29.6 Å². The molecule has 1 aliphatic heterocycles. The van der Waals surface area contributed by atoms with Gasteiger partial charge in [-0.3, -0.25) is 0 Å². The number of anilines is 2. The number of oxime groups is 1. The highest BCUT2D eigenvalue weighted by molar-refractivity contribution is 9.10. The van der Waals surface area contributed by atoms with E-state index in [4.69, 9.17) is 4.63 Å². The number of benzene rings is 1. The van der Waals surface area contributed by atoms with Crippen molar-refractivity contribution in [2.24, 2.45) is 11.1 Å². The molecule has 0 bridgehead atoms. The van der Waals surface area contributed by atoms with Crippen LogP contribution in [0.1, 0.15) is 5.69 Å². The molecule has 14 heteroatoms. The van der Waals surface area contributed by atoms with E-state index in [9.17, 15) is 18.0 Å². The summed E-state index contributed by atoms with van der Waals surface area (Å²) >= 11 is 3.07. The highest BCUT2D eigenvalue weighted by Gasteiger charge is 2.35. The van der Waals surface area contributed by atoms with Crippen molar-refractivity contribution in [3.05, 3.63) is 34.2 Å². The van der Waals surface area contributed by atoms with Crippen molar-refractivity contribution in [1.29, 1.82) is 0 Å². The van der Waals surface area contributed by atoms with E-state index in [2.05, 4.69) is 46.8 Å². The molecule has 11 nitrogen and oxygen atoms in total. The lowest BCUT2D eigenvalue weighted by atomic mass is 10.0. The predicted octanol–water partition coefficient (Wildman–Crippen LogP) is 1.03. The monoisotopic (exact) mass is 477 g/mol. The topological polar surface area (TPSA) is 145 Å². The first kappa shape index (κ1) is 20.4. The summed E-state index contributed by atoms with van der Waals surface area (Å²) in [5, 5.41) is 25.7. The van der Waals surface area contributed by atoms with E-state index in [-0.39, 0.29) is 27.7 Å². The van der Waals surface area contributed by atoms with Gasteiger partial charge in [-0.1, -0.05) is 5.16 Å². The number of hydrogen-bond donors (Lipinski definition) is 4. The molecular formula is C14H17BrFN7O4S. The van der Waals surface area contributed by atoms with Gasteiger partial charge < -0.3 is 15.8 Å². The molecule has 1 aliphatic rings. The molecule has 1 saturated heterocycles. The molecule has 3 rings (SSSR count). The Hall–Kier alpha value is -2.29. The maximum absolute atomic E-state index is 13.3. The summed E-state index contributed by atoms with van der Waals surface area (Å²) in [7, 11) is -2.06. The highest BCUT2D eigenvalue weighted by Crippen LogP contribution is 2.22. The van der Waals surface area contributed by atoms with Gasteiger partial charge in [0.2, 0.25) is 11.7 Å². The molecule has 0 amide bonds. The summed E-state index contributed by atoms with van der Waals surface area (Å²) in [5.74, 6) is -0.205. The van der Waals surface area contributed by atoms with Crippen LogP contribution in [0.15, 0.2) is 32.5 Å². The van der Waals surface area contributed by atoms with Gasteiger partial charge in [0.25, 0.3) is 10.2 Å². The molecule has 28 heavy (non-hydrogen) atoms. The third-order valence-corrected chi connectivity index (χ3v) is 6.18. The standard InChI is InChI=1S/C14H17BrFN7O4S/c1-17-28(25,26)23-6-8(7-23)5-18-13-12(21-27-22-13)14(20-24)19-9-2-3-11(16)10(15)4-9/h2-4,8,17,24H,5-7H2,1H3,(H,18,22)(H,19,20). The minimum Gasteiger partial charge on any atom is -0.409 e. The SMILES string of the molecule is CNS(=O)(=O)N1CC(CNc2nonc2/C(=N/O)Nc2ccc(F)c(Br)c2)C1. The number of hydrogen-bond acceptors (Lipinski definition) is 8. The largest absolute Gasteiger partial charge is 0.409 e. The van der Waals surface area contributed by atoms with Crippen molar-refractivity contribution in [3.63, 3.8) is 0 Å². The summed E-state index contributed by atoms with van der Waals surface area (Å²) in [6.45, 7) is 1.14. The Morgan fingerprint density at radius 1 is 1.46 bits per heavy atom. The summed E-state index contributed by atoms with van der Waals surface area (Å²) in [4.78, 5) is 0. The highest BCUT2D eigenvalue weighted by atomic mass is 79.9. The van der Waals surface area contributed by atoms with Gasteiger partial charge in [-0.2, -0.15) is 12.7 Å². The molecule has 2 heterocycles. The average molecular weight is 478 g/mol. The van der Waals surface area contributed by atoms with Gasteiger partial charge in [0.15, 0.2) is 5.69 Å². The second-order valence-electron chi connectivity index (χ2n) is 5.94. The van der Waals surface area contributed by atoms with Gasteiger partial charge in [-0.15, -0.1) is 0 Å². The van der Waals surface area contributed by atoms with E-state index in [0.29, 0.717) is 25.3 Å². The maximum Gasteiger partial charge on any atom is 0.279 e. The van der Waals surface area contributed by atoms with Gasteiger partial charge in [0.05, 0.1) is 4.47 Å². The fourth-order valence-corrected chi connectivity index (χ4v) is 3.97. The Morgan fingerprint density at radius 2 is 2.21 bits per heavy atom. The number of rotatable bonds is 7. The first-order valence-corrected chi connectivity index (χ1v) is 10.3. The summed E-state index contributed by atoms with van der Waals surface area (Å²) in [6, 6.07) is 4.16. The molecular weight excluding hydrogens is 461 g/mol. The van der Waals surface area contributed by atoms with Crippen molar-refractivity contribution in [1.82, 2.24) is 19.3 Å². The molecule has 1 aromatic carbocycles. The van der Waals surface area contributed by atoms with Gasteiger partial charge >= 0.3 is 0 Å². The van der Waals surface area contributed by atoms with E-state index >= 15 is 0 Å². The van der Waals surface area contributed by atoms with Crippen LogP contribution >= 0.6 is 15.9 Å². The molecule has 0 radical (unpaired) electrons. The van der Waals surface area contributed by atoms with Crippen molar-refractivity contribution < 1.29 is 22.6 Å². The zero-order valence-electron chi connectivity index (χ0n) is 14.6. The van der Waals surface area contributed by atoms with Crippen LogP contribution in [-0.4, -0.2) is 60.8 Å². The van der Waals surface area contributed by atoms with Crippen LogP contribution in [0.2, 0.25) is 0 Å². The van der Waals surface area contributed by atoms with Crippen LogP contribution in [0.25, 0.3) is 0 Å². The molecule has 1 fully saturated rings. The minimum absolute atomic E-state index is 0.0599. The van der Waals surface area contributed by atoms with Crippen LogP contribution in [0.4, 0.5) is 15.9 Å². The van der Waals surface area contributed by atoms with E-state index in [1.54, 1.807) is 0 Å².